The van der Waals surface area contributed by atoms with E-state index in [4.69, 9.17) is 4.74 Å². The normalized spacial score (nSPS) is 13.3. The van der Waals surface area contributed by atoms with Crippen molar-refractivity contribution < 1.29 is 9.30 Å². The summed E-state index contributed by atoms with van der Waals surface area (Å²) in [5.74, 6) is 2.64. The fourth-order valence-corrected chi connectivity index (χ4v) is 6.96. The largest absolute Gasteiger partial charge is 0.455 e. The quantitative estimate of drug-likeness (QED) is 0.159. The molecule has 4 aromatic carbocycles. The average Bonchev–Trinajstić information content (AvgIpc) is 2.86. The van der Waals surface area contributed by atoms with Crippen LogP contribution in [0.1, 0.15) is 77.6 Å². The maximum atomic E-state index is 7.10. The molecule has 212 valence electrons. The van der Waals surface area contributed by atoms with Gasteiger partial charge in [-0.2, -0.15) is 0 Å². The zero-order chi connectivity index (χ0) is 29.4. The molecule has 1 aliphatic heterocycles. The van der Waals surface area contributed by atoms with Gasteiger partial charge in [-0.1, -0.05) is 91.8 Å². The topological polar surface area (TPSA) is 13.1 Å². The fraction of sp³-hybridized carbons (Fsp3) is 0.410. The van der Waals surface area contributed by atoms with Crippen molar-refractivity contribution >= 4 is 32.3 Å². The summed E-state index contributed by atoms with van der Waals surface area (Å²) in [6.07, 6.45) is 5.34. The van der Waals surface area contributed by atoms with Crippen molar-refractivity contribution in [3.63, 3.8) is 0 Å². The van der Waals surface area contributed by atoms with Crippen LogP contribution in [0.15, 0.2) is 54.7 Å². The highest BCUT2D eigenvalue weighted by Crippen LogP contribution is 2.53. The summed E-state index contributed by atoms with van der Waals surface area (Å²) >= 11 is 0. The van der Waals surface area contributed by atoms with E-state index in [1.54, 1.807) is 0 Å². The molecule has 0 saturated heterocycles. The minimum Gasteiger partial charge on any atom is -0.455 e. The molecule has 2 heteroatoms. The first-order chi connectivity index (χ1) is 19.2. The molecule has 41 heavy (non-hydrogen) atoms. The molecule has 2 nitrogen and oxygen atoms in total. The SMILES string of the molecule is Cc1c2c(c(CC(C)(C)C)c3cc(CC(C)C)ccc13)Oc1cc3ccc(CC(C)(C)C)cc3c3cc[n+](C)c-2c13. The molecular formula is C39H46NO+. The standard InChI is InChI=1S/C39H46NO/c1-23(2)17-25-12-14-28-24(3)34-36-35-29(15-16-40(36)10)30-19-26(21-38(4,5)6)11-13-27(30)20-33(35)41-37(34)32(31(28)18-25)22-39(7,8)9/h11-16,18-20,23H,17,21-22H2,1-10H3/q+1. The Kier molecular flexibility index (Phi) is 6.49. The van der Waals surface area contributed by atoms with Gasteiger partial charge in [-0.05, 0) is 87.2 Å². The summed E-state index contributed by atoms with van der Waals surface area (Å²) < 4.78 is 9.41. The van der Waals surface area contributed by atoms with Crippen LogP contribution in [0.3, 0.4) is 0 Å². The van der Waals surface area contributed by atoms with Crippen molar-refractivity contribution in [1.82, 2.24) is 0 Å². The molecule has 0 aliphatic carbocycles. The highest BCUT2D eigenvalue weighted by Gasteiger charge is 2.34. The zero-order valence-electron chi connectivity index (χ0n) is 26.8. The van der Waals surface area contributed by atoms with Gasteiger partial charge >= 0.3 is 0 Å². The van der Waals surface area contributed by atoms with Crippen LogP contribution < -0.4 is 9.30 Å². The van der Waals surface area contributed by atoms with E-state index in [1.807, 2.05) is 0 Å². The molecule has 0 amide bonds. The van der Waals surface area contributed by atoms with Crippen molar-refractivity contribution in [2.24, 2.45) is 23.8 Å². The van der Waals surface area contributed by atoms with Gasteiger partial charge in [0.05, 0.1) is 10.9 Å². The minimum atomic E-state index is 0.120. The Balaban J connectivity index is 1.69. The van der Waals surface area contributed by atoms with E-state index in [2.05, 4.69) is 129 Å². The van der Waals surface area contributed by atoms with Crippen molar-refractivity contribution in [2.45, 2.75) is 81.6 Å². The Bertz CT molecular complexity index is 1840. The lowest BCUT2D eigenvalue weighted by Crippen LogP contribution is -2.32. The fourth-order valence-electron chi connectivity index (χ4n) is 6.96. The zero-order valence-corrected chi connectivity index (χ0v) is 26.8. The lowest BCUT2D eigenvalue weighted by atomic mass is 9.81. The number of fused-ring (bicyclic) bond motifs is 5. The monoisotopic (exact) mass is 544 g/mol. The first-order valence-electron chi connectivity index (χ1n) is 15.3. The van der Waals surface area contributed by atoms with Crippen LogP contribution >= 0.6 is 0 Å². The van der Waals surface area contributed by atoms with Gasteiger partial charge in [-0.25, -0.2) is 4.57 Å². The molecule has 0 spiro atoms. The number of nitrogens with zero attached hydrogens (tertiary/aromatic N) is 1. The number of pyridine rings is 1. The van der Waals surface area contributed by atoms with Gasteiger partial charge in [-0.15, -0.1) is 0 Å². The number of aryl methyl sites for hydroxylation is 2. The van der Waals surface area contributed by atoms with Crippen LogP contribution in [0.2, 0.25) is 0 Å². The summed E-state index contributed by atoms with van der Waals surface area (Å²) in [5.41, 5.74) is 8.31. The molecule has 1 aliphatic rings. The van der Waals surface area contributed by atoms with E-state index in [0.29, 0.717) is 5.92 Å². The summed E-state index contributed by atoms with van der Waals surface area (Å²) in [5, 5.41) is 7.74. The highest BCUT2D eigenvalue weighted by molar-refractivity contribution is 6.16. The lowest BCUT2D eigenvalue weighted by molar-refractivity contribution is -0.659. The van der Waals surface area contributed by atoms with E-state index >= 15 is 0 Å². The molecule has 0 radical (unpaired) electrons. The summed E-state index contributed by atoms with van der Waals surface area (Å²) in [6, 6.07) is 18.7. The molecule has 0 unspecified atom stereocenters. The maximum absolute atomic E-state index is 7.10. The predicted molar refractivity (Wildman–Crippen MR) is 175 cm³/mol. The van der Waals surface area contributed by atoms with Crippen LogP contribution in [-0.2, 0) is 26.3 Å². The minimum absolute atomic E-state index is 0.120. The first-order valence-corrected chi connectivity index (χ1v) is 15.3. The third kappa shape index (κ3) is 5.00. The van der Waals surface area contributed by atoms with E-state index in [-0.39, 0.29) is 10.8 Å². The van der Waals surface area contributed by atoms with Crippen LogP contribution in [-0.4, -0.2) is 0 Å². The number of rotatable bonds is 4. The smallest absolute Gasteiger partial charge is 0.228 e. The van der Waals surface area contributed by atoms with Crippen molar-refractivity contribution in [2.75, 3.05) is 0 Å². The molecule has 0 fully saturated rings. The van der Waals surface area contributed by atoms with Gasteiger partial charge in [0, 0.05) is 17.0 Å². The van der Waals surface area contributed by atoms with Gasteiger partial charge in [0.25, 0.3) is 0 Å². The number of ether oxygens (including phenoxy) is 1. The number of hydrogen-bond acceptors (Lipinski definition) is 1. The van der Waals surface area contributed by atoms with E-state index in [9.17, 15) is 0 Å². The molecule has 0 atom stereocenters. The Morgan fingerprint density at radius 2 is 1.44 bits per heavy atom. The Morgan fingerprint density at radius 3 is 2.12 bits per heavy atom. The number of aromatic nitrogens is 1. The Hall–Kier alpha value is -3.39. The van der Waals surface area contributed by atoms with Crippen molar-refractivity contribution in [3.8, 4) is 22.8 Å². The summed E-state index contributed by atoms with van der Waals surface area (Å²) in [6.45, 7) is 20.8. The molecule has 0 bridgehead atoms. The lowest BCUT2D eigenvalue weighted by Gasteiger charge is -2.28. The average molecular weight is 545 g/mol. The van der Waals surface area contributed by atoms with Crippen molar-refractivity contribution in [3.05, 3.63) is 77.0 Å². The van der Waals surface area contributed by atoms with Gasteiger partial charge < -0.3 is 4.74 Å². The molecule has 6 rings (SSSR count). The van der Waals surface area contributed by atoms with Gasteiger partial charge in [0.15, 0.2) is 6.20 Å². The van der Waals surface area contributed by atoms with E-state index in [1.165, 1.54) is 65.8 Å². The molecule has 5 aromatic rings. The second kappa shape index (κ2) is 9.58. The second-order valence-electron chi connectivity index (χ2n) is 15.4. The molecule has 2 heterocycles. The maximum Gasteiger partial charge on any atom is 0.228 e. The third-order valence-corrected chi connectivity index (χ3v) is 8.49. The highest BCUT2D eigenvalue weighted by atomic mass is 16.5. The molecule has 0 saturated carbocycles. The van der Waals surface area contributed by atoms with Crippen molar-refractivity contribution in [1.29, 1.82) is 0 Å². The van der Waals surface area contributed by atoms with Crippen LogP contribution in [0.4, 0.5) is 0 Å². The molecule has 1 aromatic heterocycles. The van der Waals surface area contributed by atoms with Crippen LogP contribution in [0.5, 0.6) is 11.5 Å². The Morgan fingerprint density at radius 1 is 0.756 bits per heavy atom. The number of hydrogen-bond donors (Lipinski definition) is 0. The predicted octanol–water partition coefficient (Wildman–Crippen LogP) is 10.4. The van der Waals surface area contributed by atoms with E-state index < -0.39 is 0 Å². The third-order valence-electron chi connectivity index (χ3n) is 8.49. The van der Waals surface area contributed by atoms with Gasteiger partial charge in [-0.3, -0.25) is 0 Å². The molecular weight excluding hydrogens is 498 g/mol. The van der Waals surface area contributed by atoms with E-state index in [0.717, 1.165) is 30.8 Å². The van der Waals surface area contributed by atoms with Gasteiger partial charge in [0.1, 0.15) is 18.5 Å². The Labute approximate surface area is 246 Å². The summed E-state index contributed by atoms with van der Waals surface area (Å²) in [4.78, 5) is 0. The number of benzene rings is 4. The molecule has 0 N–H and O–H groups in total. The second-order valence-corrected chi connectivity index (χ2v) is 15.4. The van der Waals surface area contributed by atoms with Crippen LogP contribution in [0.25, 0.3) is 43.6 Å². The summed E-state index contributed by atoms with van der Waals surface area (Å²) in [7, 11) is 2.19. The van der Waals surface area contributed by atoms with Crippen LogP contribution in [0, 0.1) is 23.7 Å². The first kappa shape index (κ1) is 27.8. The van der Waals surface area contributed by atoms with Gasteiger partial charge in [0.2, 0.25) is 5.69 Å².